The molecule has 48 heavy (non-hydrogen) atoms. The van der Waals surface area contributed by atoms with Gasteiger partial charge in [-0.3, -0.25) is 4.79 Å². The van der Waals surface area contributed by atoms with E-state index in [9.17, 15) is 20.1 Å². The number of unbranched alkanes of at least 4 members (excludes halogenated alkanes) is 25. The van der Waals surface area contributed by atoms with Gasteiger partial charge in [0.05, 0.1) is 18.8 Å². The highest BCUT2D eigenvalue weighted by molar-refractivity contribution is 5.80. The Kier molecular flexibility index (Phi) is 37.2. The molecular weight excluding hydrogens is 594 g/mol. The Balaban J connectivity index is 3.71. The van der Waals surface area contributed by atoms with Crippen molar-refractivity contribution in [2.75, 3.05) is 6.61 Å². The van der Waals surface area contributed by atoms with Gasteiger partial charge in [-0.15, -0.1) is 0 Å². The summed E-state index contributed by atoms with van der Waals surface area (Å²) in [5, 5.41) is 33.0. The Morgan fingerprint density at radius 1 is 0.500 bits per heavy atom. The second kappa shape index (κ2) is 38.4. The quantitative estimate of drug-likeness (QED) is 0.0390. The molecule has 0 aromatic carbocycles. The molecule has 0 spiro atoms. The van der Waals surface area contributed by atoms with Crippen LogP contribution in [0.1, 0.15) is 206 Å². The van der Waals surface area contributed by atoms with Gasteiger partial charge >= 0.3 is 0 Å². The van der Waals surface area contributed by atoms with Crippen molar-refractivity contribution in [2.45, 2.75) is 225 Å². The van der Waals surface area contributed by atoms with Crippen LogP contribution in [0.25, 0.3) is 0 Å². The van der Waals surface area contributed by atoms with E-state index in [1.807, 2.05) is 6.08 Å². The highest BCUT2D eigenvalue weighted by Crippen LogP contribution is 2.14. The maximum Gasteiger partial charge on any atom is 0.249 e. The molecule has 0 aliphatic heterocycles. The van der Waals surface area contributed by atoms with E-state index in [0.29, 0.717) is 6.42 Å². The fourth-order valence-corrected chi connectivity index (χ4v) is 6.14. The van der Waals surface area contributed by atoms with Crippen LogP contribution in [0.5, 0.6) is 0 Å². The lowest BCUT2D eigenvalue weighted by atomic mass is 10.0. The Bertz CT molecular complexity index is 749. The average Bonchev–Trinajstić information content (AvgIpc) is 3.09. The SMILES string of the molecule is CCCCCCCCC/C=C/CC/C=C/C(O)C(CO)NC(=O)C(O)CCCCCCCC/C=C\CCCCCCCCCCCCC. The molecule has 3 unspecified atom stereocenters. The molecule has 3 atom stereocenters. The second-order valence-corrected chi connectivity index (χ2v) is 14.2. The van der Waals surface area contributed by atoms with Crippen molar-refractivity contribution in [1.29, 1.82) is 0 Å². The molecule has 5 nitrogen and oxygen atoms in total. The number of hydrogen-bond acceptors (Lipinski definition) is 4. The van der Waals surface area contributed by atoms with Crippen LogP contribution in [-0.4, -0.2) is 46.1 Å². The van der Waals surface area contributed by atoms with Gasteiger partial charge in [0.2, 0.25) is 5.91 Å². The van der Waals surface area contributed by atoms with E-state index in [1.165, 1.54) is 148 Å². The first kappa shape index (κ1) is 46.6. The maximum absolute atomic E-state index is 12.4. The summed E-state index contributed by atoms with van der Waals surface area (Å²) in [6.07, 6.45) is 47.4. The van der Waals surface area contributed by atoms with Crippen molar-refractivity contribution in [3.8, 4) is 0 Å². The average molecular weight is 676 g/mol. The molecule has 0 heterocycles. The van der Waals surface area contributed by atoms with Gasteiger partial charge in [0.1, 0.15) is 6.10 Å². The van der Waals surface area contributed by atoms with E-state index in [0.717, 1.165) is 38.5 Å². The maximum atomic E-state index is 12.4. The van der Waals surface area contributed by atoms with Crippen molar-refractivity contribution >= 4 is 5.91 Å². The van der Waals surface area contributed by atoms with Crippen LogP contribution in [0.15, 0.2) is 36.5 Å². The molecule has 0 aromatic rings. The van der Waals surface area contributed by atoms with Crippen LogP contribution in [-0.2, 0) is 4.79 Å². The molecule has 0 saturated heterocycles. The summed E-state index contributed by atoms with van der Waals surface area (Å²) in [6.45, 7) is 4.15. The Morgan fingerprint density at radius 2 is 0.854 bits per heavy atom. The van der Waals surface area contributed by atoms with Gasteiger partial charge in [-0.05, 0) is 57.8 Å². The first-order valence-corrected chi connectivity index (χ1v) is 20.8. The van der Waals surface area contributed by atoms with Crippen LogP contribution < -0.4 is 5.32 Å². The van der Waals surface area contributed by atoms with Gasteiger partial charge in [-0.25, -0.2) is 0 Å². The Morgan fingerprint density at radius 3 is 1.27 bits per heavy atom. The molecule has 0 fully saturated rings. The molecule has 5 heteroatoms. The van der Waals surface area contributed by atoms with Crippen LogP contribution in [0, 0.1) is 0 Å². The van der Waals surface area contributed by atoms with Crippen molar-refractivity contribution < 1.29 is 20.1 Å². The highest BCUT2D eigenvalue weighted by atomic mass is 16.3. The van der Waals surface area contributed by atoms with Gasteiger partial charge in [-0.2, -0.15) is 0 Å². The fraction of sp³-hybridized carbons (Fsp3) is 0.837. The van der Waals surface area contributed by atoms with Crippen molar-refractivity contribution in [2.24, 2.45) is 0 Å². The van der Waals surface area contributed by atoms with Gasteiger partial charge in [-0.1, -0.05) is 185 Å². The Labute approximate surface area is 298 Å². The lowest BCUT2D eigenvalue weighted by Crippen LogP contribution is -2.48. The number of allylic oxidation sites excluding steroid dienone is 5. The lowest BCUT2D eigenvalue weighted by molar-refractivity contribution is -0.131. The second-order valence-electron chi connectivity index (χ2n) is 14.2. The highest BCUT2D eigenvalue weighted by Gasteiger charge is 2.22. The summed E-state index contributed by atoms with van der Waals surface area (Å²) in [6, 6.07) is -0.815. The number of nitrogens with one attached hydrogen (secondary N) is 1. The number of rotatable bonds is 37. The lowest BCUT2D eigenvalue weighted by Gasteiger charge is -2.21. The summed E-state index contributed by atoms with van der Waals surface area (Å²) in [4.78, 5) is 12.4. The van der Waals surface area contributed by atoms with E-state index in [1.54, 1.807) is 6.08 Å². The minimum absolute atomic E-state index is 0.378. The third-order valence-electron chi connectivity index (χ3n) is 9.45. The van der Waals surface area contributed by atoms with E-state index in [-0.39, 0.29) is 6.61 Å². The fourth-order valence-electron chi connectivity index (χ4n) is 6.14. The summed E-state index contributed by atoms with van der Waals surface area (Å²) in [5.74, 6) is -0.519. The van der Waals surface area contributed by atoms with E-state index in [4.69, 9.17) is 0 Å². The van der Waals surface area contributed by atoms with Crippen LogP contribution >= 0.6 is 0 Å². The zero-order chi connectivity index (χ0) is 35.2. The first-order chi connectivity index (χ1) is 23.6. The summed E-state index contributed by atoms with van der Waals surface area (Å²) < 4.78 is 0. The van der Waals surface area contributed by atoms with E-state index >= 15 is 0 Å². The van der Waals surface area contributed by atoms with E-state index in [2.05, 4.69) is 43.5 Å². The standard InChI is InChI=1S/C43H81NO4/c1-3-5-7-9-11-13-15-17-18-19-20-21-22-23-24-26-28-30-32-34-36-38-42(47)43(48)44-40(39-45)41(46)37-35-33-31-29-27-25-16-14-12-10-8-6-4-2/h22-23,27,29,35,37,40-42,45-47H,3-21,24-26,28,30-34,36,38-39H2,1-2H3,(H,44,48)/b23-22-,29-27+,37-35+. The molecule has 0 aliphatic carbocycles. The smallest absolute Gasteiger partial charge is 0.249 e. The minimum Gasteiger partial charge on any atom is -0.394 e. The van der Waals surface area contributed by atoms with Crippen molar-refractivity contribution in [1.82, 2.24) is 5.32 Å². The third kappa shape index (κ3) is 33.1. The Hall–Kier alpha value is -1.43. The number of aliphatic hydroxyl groups is 3. The normalized spacial score (nSPS) is 14.0. The largest absolute Gasteiger partial charge is 0.394 e. The molecule has 4 N–H and O–H groups in total. The summed E-state index contributed by atoms with van der Waals surface area (Å²) in [5.41, 5.74) is 0. The molecule has 0 rings (SSSR count). The third-order valence-corrected chi connectivity index (χ3v) is 9.45. The van der Waals surface area contributed by atoms with Gasteiger partial charge < -0.3 is 20.6 Å². The molecule has 0 radical (unpaired) electrons. The summed E-state index contributed by atoms with van der Waals surface area (Å²) >= 11 is 0. The number of hydrogen-bond donors (Lipinski definition) is 4. The number of aliphatic hydroxyl groups excluding tert-OH is 3. The van der Waals surface area contributed by atoms with Gasteiger partial charge in [0, 0.05) is 0 Å². The molecule has 0 aromatic heterocycles. The predicted molar refractivity (Wildman–Crippen MR) is 208 cm³/mol. The number of carbonyl (C=O) groups is 1. The van der Waals surface area contributed by atoms with Crippen molar-refractivity contribution in [3.63, 3.8) is 0 Å². The monoisotopic (exact) mass is 676 g/mol. The summed E-state index contributed by atoms with van der Waals surface area (Å²) in [7, 11) is 0. The van der Waals surface area contributed by atoms with Crippen LogP contribution in [0.3, 0.4) is 0 Å². The molecule has 1 amide bonds. The number of amides is 1. The molecule has 0 bridgehead atoms. The number of carbonyl (C=O) groups excluding carboxylic acids is 1. The van der Waals surface area contributed by atoms with Gasteiger partial charge in [0.15, 0.2) is 0 Å². The molecule has 282 valence electrons. The zero-order valence-electron chi connectivity index (χ0n) is 31.9. The minimum atomic E-state index is -1.11. The molecule has 0 saturated carbocycles. The van der Waals surface area contributed by atoms with Crippen molar-refractivity contribution in [3.05, 3.63) is 36.5 Å². The predicted octanol–water partition coefficient (Wildman–Crippen LogP) is 11.6. The molecular formula is C43H81NO4. The van der Waals surface area contributed by atoms with Crippen LogP contribution in [0.2, 0.25) is 0 Å². The topological polar surface area (TPSA) is 89.8 Å². The first-order valence-electron chi connectivity index (χ1n) is 20.8. The van der Waals surface area contributed by atoms with E-state index < -0.39 is 24.2 Å². The van der Waals surface area contributed by atoms with Crippen LogP contribution in [0.4, 0.5) is 0 Å². The zero-order valence-corrected chi connectivity index (χ0v) is 31.9. The molecule has 0 aliphatic rings. The van der Waals surface area contributed by atoms with Gasteiger partial charge in [0.25, 0.3) is 0 Å².